The number of hydrogen-bond donors (Lipinski definition) is 1. The first-order valence-electron chi connectivity index (χ1n) is 9.07. The Kier molecular flexibility index (Phi) is 5.03. The molecule has 2 atom stereocenters. The summed E-state index contributed by atoms with van der Waals surface area (Å²) in [6.45, 7) is 0.221. The van der Waals surface area contributed by atoms with Crippen molar-refractivity contribution < 1.29 is 19.1 Å². The molecule has 1 fully saturated rings. The fourth-order valence-electron chi connectivity index (χ4n) is 3.13. The molecule has 2 aromatic carbocycles. The number of carbonyl (C=O) groups excluding carboxylic acids is 2. The van der Waals surface area contributed by atoms with Crippen LogP contribution in [0.15, 0.2) is 48.5 Å². The lowest BCUT2D eigenvalue weighted by Crippen LogP contribution is -2.37. The normalized spacial score (nSPS) is 19.4. The predicted molar refractivity (Wildman–Crippen MR) is 101 cm³/mol. The maximum absolute atomic E-state index is 12.8. The van der Waals surface area contributed by atoms with Gasteiger partial charge in [0.1, 0.15) is 12.4 Å². The Hall–Kier alpha value is -2.53. The van der Waals surface area contributed by atoms with E-state index in [0.717, 1.165) is 24.2 Å². The van der Waals surface area contributed by atoms with E-state index in [4.69, 9.17) is 21.1 Å². The van der Waals surface area contributed by atoms with Gasteiger partial charge in [-0.3, -0.25) is 9.59 Å². The summed E-state index contributed by atoms with van der Waals surface area (Å²) in [5, 5.41) is 3.51. The van der Waals surface area contributed by atoms with Gasteiger partial charge < -0.3 is 14.8 Å². The van der Waals surface area contributed by atoms with E-state index in [9.17, 15) is 9.59 Å². The fourth-order valence-corrected chi connectivity index (χ4v) is 3.33. The maximum atomic E-state index is 12.8. The Labute approximate surface area is 162 Å². The Morgan fingerprint density at radius 1 is 1.15 bits per heavy atom. The van der Waals surface area contributed by atoms with Gasteiger partial charge in [0.15, 0.2) is 0 Å². The van der Waals surface area contributed by atoms with Gasteiger partial charge in [-0.1, -0.05) is 41.9 Å². The standard InChI is InChI=1S/C21H20ClNO4/c22-16-6-9-18-14(11-16)10-15(12-26-18)21(25)27-19(13-4-2-1-3-5-13)20(24)23-17-7-8-17/h1-6,9,11,15,17,19H,7-8,10,12H2,(H,23,24)/t15-,19+/m1/s1. The number of carbonyl (C=O) groups is 2. The lowest BCUT2D eigenvalue weighted by molar-refractivity contribution is -0.161. The molecule has 0 aromatic heterocycles. The molecule has 1 aliphatic heterocycles. The molecule has 4 rings (SSSR count). The van der Waals surface area contributed by atoms with Crippen LogP contribution in [0.3, 0.4) is 0 Å². The highest BCUT2D eigenvalue weighted by Gasteiger charge is 2.34. The van der Waals surface area contributed by atoms with E-state index < -0.39 is 18.0 Å². The molecule has 27 heavy (non-hydrogen) atoms. The largest absolute Gasteiger partial charge is 0.492 e. The molecular formula is C21H20ClNO4. The van der Waals surface area contributed by atoms with Gasteiger partial charge in [0.05, 0.1) is 5.92 Å². The minimum absolute atomic E-state index is 0.189. The Bertz CT molecular complexity index is 851. The molecule has 6 heteroatoms. The van der Waals surface area contributed by atoms with Crippen molar-refractivity contribution in [2.75, 3.05) is 6.61 Å². The Balaban J connectivity index is 1.49. The van der Waals surface area contributed by atoms with Crippen molar-refractivity contribution in [2.24, 2.45) is 5.92 Å². The maximum Gasteiger partial charge on any atom is 0.313 e. The summed E-state index contributed by atoms with van der Waals surface area (Å²) in [6, 6.07) is 14.6. The molecule has 1 heterocycles. The molecule has 0 spiro atoms. The fraction of sp³-hybridized carbons (Fsp3) is 0.333. The molecule has 5 nitrogen and oxygen atoms in total. The number of rotatable bonds is 5. The molecule has 0 saturated heterocycles. The van der Waals surface area contributed by atoms with Gasteiger partial charge in [0.2, 0.25) is 6.10 Å². The molecule has 1 amide bonds. The van der Waals surface area contributed by atoms with Crippen molar-refractivity contribution >= 4 is 23.5 Å². The van der Waals surface area contributed by atoms with E-state index in [-0.39, 0.29) is 18.6 Å². The summed E-state index contributed by atoms with van der Waals surface area (Å²) in [7, 11) is 0. The summed E-state index contributed by atoms with van der Waals surface area (Å²) in [5.41, 5.74) is 1.53. The van der Waals surface area contributed by atoms with Crippen LogP contribution in [0.4, 0.5) is 0 Å². The molecular weight excluding hydrogens is 366 g/mol. The van der Waals surface area contributed by atoms with Gasteiger partial charge in [-0.05, 0) is 43.0 Å². The summed E-state index contributed by atoms with van der Waals surface area (Å²) in [4.78, 5) is 25.4. The highest BCUT2D eigenvalue weighted by Crippen LogP contribution is 2.31. The van der Waals surface area contributed by atoms with Crippen molar-refractivity contribution in [2.45, 2.75) is 31.4 Å². The van der Waals surface area contributed by atoms with E-state index in [1.165, 1.54) is 0 Å². The van der Waals surface area contributed by atoms with Crippen molar-refractivity contribution in [1.82, 2.24) is 5.32 Å². The van der Waals surface area contributed by atoms with Crippen LogP contribution in [0.5, 0.6) is 5.75 Å². The lowest BCUT2D eigenvalue weighted by atomic mass is 9.96. The van der Waals surface area contributed by atoms with Gasteiger partial charge in [-0.2, -0.15) is 0 Å². The summed E-state index contributed by atoms with van der Waals surface area (Å²) >= 11 is 6.04. The number of amides is 1. The van der Waals surface area contributed by atoms with Crippen LogP contribution >= 0.6 is 11.6 Å². The first kappa shape index (κ1) is 17.9. The Morgan fingerprint density at radius 2 is 1.93 bits per heavy atom. The third-order valence-electron chi connectivity index (χ3n) is 4.76. The average molecular weight is 386 g/mol. The Morgan fingerprint density at radius 3 is 2.67 bits per heavy atom. The van der Waals surface area contributed by atoms with Gasteiger partial charge in [-0.15, -0.1) is 0 Å². The number of halogens is 1. The van der Waals surface area contributed by atoms with E-state index in [2.05, 4.69) is 5.32 Å². The smallest absolute Gasteiger partial charge is 0.313 e. The highest BCUT2D eigenvalue weighted by atomic mass is 35.5. The second-order valence-corrected chi connectivity index (χ2v) is 7.41. The van der Waals surface area contributed by atoms with Crippen LogP contribution in [-0.4, -0.2) is 24.5 Å². The number of nitrogens with one attached hydrogen (secondary N) is 1. The van der Waals surface area contributed by atoms with E-state index in [1.54, 1.807) is 30.3 Å². The molecule has 0 unspecified atom stereocenters. The number of fused-ring (bicyclic) bond motifs is 1. The SMILES string of the molecule is O=C(O[C@H](C(=O)NC1CC1)c1ccccc1)[C@H]1COc2ccc(Cl)cc2C1. The van der Waals surface area contributed by atoms with Crippen LogP contribution in [0.1, 0.15) is 30.1 Å². The molecule has 1 aliphatic carbocycles. The molecule has 0 radical (unpaired) electrons. The van der Waals surface area contributed by atoms with Crippen molar-refractivity contribution in [1.29, 1.82) is 0 Å². The van der Waals surface area contributed by atoms with E-state index >= 15 is 0 Å². The summed E-state index contributed by atoms with van der Waals surface area (Å²) < 4.78 is 11.3. The number of benzene rings is 2. The minimum atomic E-state index is -0.958. The van der Waals surface area contributed by atoms with E-state index in [1.807, 2.05) is 18.2 Å². The molecule has 1 N–H and O–H groups in total. The van der Waals surface area contributed by atoms with Gasteiger partial charge >= 0.3 is 5.97 Å². The van der Waals surface area contributed by atoms with E-state index in [0.29, 0.717) is 17.0 Å². The number of esters is 1. The zero-order chi connectivity index (χ0) is 18.8. The summed E-state index contributed by atoms with van der Waals surface area (Å²) in [6.07, 6.45) is 1.45. The molecule has 140 valence electrons. The monoisotopic (exact) mass is 385 g/mol. The quantitative estimate of drug-likeness (QED) is 0.800. The van der Waals surface area contributed by atoms with Crippen LogP contribution in [-0.2, 0) is 20.7 Å². The van der Waals surface area contributed by atoms with Gasteiger partial charge in [-0.25, -0.2) is 0 Å². The third kappa shape index (κ3) is 4.25. The zero-order valence-electron chi connectivity index (χ0n) is 14.7. The van der Waals surface area contributed by atoms with Crippen molar-refractivity contribution in [3.63, 3.8) is 0 Å². The average Bonchev–Trinajstić information content (AvgIpc) is 3.49. The lowest BCUT2D eigenvalue weighted by Gasteiger charge is -2.26. The van der Waals surface area contributed by atoms with Gasteiger partial charge in [0, 0.05) is 16.6 Å². The summed E-state index contributed by atoms with van der Waals surface area (Å²) in [5.74, 6) is -0.469. The predicted octanol–water partition coefficient (Wildman–Crippen LogP) is 3.45. The second kappa shape index (κ2) is 7.61. The minimum Gasteiger partial charge on any atom is -0.492 e. The van der Waals surface area contributed by atoms with Crippen molar-refractivity contribution in [3.05, 3.63) is 64.7 Å². The number of ether oxygens (including phenoxy) is 2. The zero-order valence-corrected chi connectivity index (χ0v) is 15.4. The third-order valence-corrected chi connectivity index (χ3v) is 5.00. The van der Waals surface area contributed by atoms with Crippen molar-refractivity contribution in [3.8, 4) is 5.75 Å². The van der Waals surface area contributed by atoms with Crippen LogP contribution in [0.2, 0.25) is 5.02 Å². The number of hydrogen-bond acceptors (Lipinski definition) is 4. The molecule has 2 aromatic rings. The van der Waals surface area contributed by atoms with Gasteiger partial charge in [0.25, 0.3) is 5.91 Å². The molecule has 2 aliphatic rings. The topological polar surface area (TPSA) is 64.6 Å². The molecule has 1 saturated carbocycles. The second-order valence-electron chi connectivity index (χ2n) is 6.97. The molecule has 0 bridgehead atoms. The van der Waals surface area contributed by atoms with Crippen LogP contribution in [0.25, 0.3) is 0 Å². The first-order valence-corrected chi connectivity index (χ1v) is 9.45. The van der Waals surface area contributed by atoms with Crippen LogP contribution < -0.4 is 10.1 Å². The first-order chi connectivity index (χ1) is 13.1. The highest BCUT2D eigenvalue weighted by molar-refractivity contribution is 6.30. The van der Waals surface area contributed by atoms with Crippen LogP contribution in [0, 0.1) is 5.92 Å².